The summed E-state index contributed by atoms with van der Waals surface area (Å²) in [5.74, 6) is 0.636. The lowest BCUT2D eigenvalue weighted by molar-refractivity contribution is -0.116. The molecule has 1 unspecified atom stereocenters. The molecule has 1 N–H and O–H groups in total. The monoisotopic (exact) mass is 251 g/mol. The summed E-state index contributed by atoms with van der Waals surface area (Å²) in [6.07, 6.45) is -0.467. The Morgan fingerprint density at radius 2 is 2.06 bits per heavy atom. The van der Waals surface area contributed by atoms with E-state index in [9.17, 15) is 9.90 Å². The number of anilines is 1. The average Bonchev–Trinajstić information content (AvgIpc) is 2.27. The summed E-state index contributed by atoms with van der Waals surface area (Å²) in [6.45, 7) is 5.78. The van der Waals surface area contributed by atoms with Gasteiger partial charge in [0.2, 0.25) is 5.91 Å². The minimum atomic E-state index is -0.467. The summed E-state index contributed by atoms with van der Waals surface area (Å²) in [5.41, 5.74) is 1.86. The molecule has 1 aromatic rings. The summed E-state index contributed by atoms with van der Waals surface area (Å²) in [5, 5.41) is 9.56. The first-order valence-electron chi connectivity index (χ1n) is 5.77. The van der Waals surface area contributed by atoms with E-state index in [1.165, 1.54) is 0 Å². The van der Waals surface area contributed by atoms with Crippen molar-refractivity contribution in [1.82, 2.24) is 0 Å². The van der Waals surface area contributed by atoms with Crippen LogP contribution in [0.25, 0.3) is 0 Å². The molecule has 2 rings (SSSR count). The van der Waals surface area contributed by atoms with Gasteiger partial charge in [0.1, 0.15) is 0 Å². The summed E-state index contributed by atoms with van der Waals surface area (Å²) in [7, 11) is 0. The first kappa shape index (κ1) is 12.5. The van der Waals surface area contributed by atoms with Crippen LogP contribution in [-0.2, 0) is 4.79 Å². The van der Waals surface area contributed by atoms with Crippen molar-refractivity contribution in [1.29, 1.82) is 0 Å². The zero-order valence-electron chi connectivity index (χ0n) is 10.3. The molecule has 1 aliphatic rings. The highest BCUT2D eigenvalue weighted by molar-refractivity contribution is 8.00. The molecule has 17 heavy (non-hydrogen) atoms. The van der Waals surface area contributed by atoms with Gasteiger partial charge in [-0.2, -0.15) is 0 Å². The Hall–Kier alpha value is -1.00. The Balaban J connectivity index is 2.44. The fraction of sp³-hybridized carbons (Fsp3) is 0.462. The molecule has 0 spiro atoms. The molecule has 1 aliphatic heterocycles. The third-order valence-corrected chi connectivity index (χ3v) is 3.89. The molecule has 4 heteroatoms. The predicted octanol–water partition coefficient (Wildman–Crippen LogP) is 2.59. The van der Waals surface area contributed by atoms with E-state index in [4.69, 9.17) is 0 Å². The van der Waals surface area contributed by atoms with Crippen LogP contribution in [0.1, 0.15) is 32.4 Å². The maximum absolute atomic E-state index is 11.9. The van der Waals surface area contributed by atoms with Crippen LogP contribution in [0, 0.1) is 0 Å². The molecule has 0 saturated heterocycles. The van der Waals surface area contributed by atoms with Gasteiger partial charge in [0.25, 0.3) is 0 Å². The second kappa shape index (κ2) is 4.70. The van der Waals surface area contributed by atoms with Crippen LogP contribution in [0.2, 0.25) is 0 Å². The zero-order valence-corrected chi connectivity index (χ0v) is 11.1. The minimum Gasteiger partial charge on any atom is -0.389 e. The molecule has 0 radical (unpaired) electrons. The lowest BCUT2D eigenvalue weighted by atomic mass is 10.1. The Labute approximate surface area is 106 Å². The molecule has 0 bridgehead atoms. The first-order chi connectivity index (χ1) is 8.00. The Morgan fingerprint density at radius 1 is 1.35 bits per heavy atom. The van der Waals surface area contributed by atoms with E-state index < -0.39 is 6.10 Å². The van der Waals surface area contributed by atoms with Crippen LogP contribution < -0.4 is 4.90 Å². The van der Waals surface area contributed by atoms with Gasteiger partial charge >= 0.3 is 0 Å². The predicted molar refractivity (Wildman–Crippen MR) is 70.4 cm³/mol. The zero-order chi connectivity index (χ0) is 12.6. The van der Waals surface area contributed by atoms with Crippen LogP contribution >= 0.6 is 11.8 Å². The van der Waals surface area contributed by atoms with Crippen molar-refractivity contribution in [3.05, 3.63) is 23.8 Å². The largest absolute Gasteiger partial charge is 0.389 e. The number of benzene rings is 1. The third kappa shape index (κ3) is 2.33. The van der Waals surface area contributed by atoms with Crippen molar-refractivity contribution in [3.63, 3.8) is 0 Å². The quantitative estimate of drug-likeness (QED) is 0.878. The third-order valence-electron chi connectivity index (χ3n) is 2.86. The standard InChI is InChI=1S/C13H17NO2S/c1-8(2)14-11-5-4-10(9(3)15)6-12(11)17-7-13(14)16/h4-6,8-9,15H,7H2,1-3H3. The number of hydrogen-bond donors (Lipinski definition) is 1. The summed E-state index contributed by atoms with van der Waals surface area (Å²) in [6, 6.07) is 5.96. The van der Waals surface area contributed by atoms with Crippen molar-refractivity contribution in [2.45, 2.75) is 37.8 Å². The number of carbonyl (C=O) groups is 1. The number of fused-ring (bicyclic) bond motifs is 1. The number of rotatable bonds is 2. The number of nitrogens with zero attached hydrogens (tertiary/aromatic N) is 1. The van der Waals surface area contributed by atoms with E-state index in [1.54, 1.807) is 18.7 Å². The topological polar surface area (TPSA) is 40.5 Å². The van der Waals surface area contributed by atoms with Crippen LogP contribution in [0.3, 0.4) is 0 Å². The van der Waals surface area contributed by atoms with Gasteiger partial charge in [-0.1, -0.05) is 6.07 Å². The molecule has 0 saturated carbocycles. The highest BCUT2D eigenvalue weighted by atomic mass is 32.2. The highest BCUT2D eigenvalue weighted by Gasteiger charge is 2.27. The van der Waals surface area contributed by atoms with E-state index in [0.717, 1.165) is 16.1 Å². The maximum Gasteiger partial charge on any atom is 0.237 e. The second-order valence-corrected chi connectivity index (χ2v) is 5.57. The van der Waals surface area contributed by atoms with Crippen LogP contribution in [-0.4, -0.2) is 22.8 Å². The molecule has 1 atom stereocenters. The molecule has 0 fully saturated rings. The van der Waals surface area contributed by atoms with E-state index >= 15 is 0 Å². The average molecular weight is 251 g/mol. The molecule has 0 aliphatic carbocycles. The Bertz CT molecular complexity index is 443. The van der Waals surface area contributed by atoms with Gasteiger partial charge in [-0.05, 0) is 38.5 Å². The maximum atomic E-state index is 11.9. The van der Waals surface area contributed by atoms with Crippen molar-refractivity contribution in [2.75, 3.05) is 10.7 Å². The lowest BCUT2D eigenvalue weighted by Gasteiger charge is -2.32. The fourth-order valence-corrected chi connectivity index (χ4v) is 2.97. The van der Waals surface area contributed by atoms with Gasteiger partial charge in [0, 0.05) is 10.9 Å². The summed E-state index contributed by atoms with van der Waals surface area (Å²) >= 11 is 1.55. The van der Waals surface area contributed by atoms with Crippen molar-refractivity contribution in [3.8, 4) is 0 Å². The van der Waals surface area contributed by atoms with E-state index in [2.05, 4.69) is 0 Å². The van der Waals surface area contributed by atoms with Gasteiger partial charge in [-0.15, -0.1) is 11.8 Å². The molecular formula is C13H17NO2S. The molecule has 1 amide bonds. The van der Waals surface area contributed by atoms with Crippen molar-refractivity contribution < 1.29 is 9.90 Å². The normalized spacial score (nSPS) is 17.2. The highest BCUT2D eigenvalue weighted by Crippen LogP contribution is 2.37. The number of carbonyl (C=O) groups excluding carboxylic acids is 1. The second-order valence-electron chi connectivity index (χ2n) is 4.55. The van der Waals surface area contributed by atoms with E-state index in [0.29, 0.717) is 5.75 Å². The minimum absolute atomic E-state index is 0.155. The Kier molecular flexibility index (Phi) is 3.45. The Morgan fingerprint density at radius 3 is 2.65 bits per heavy atom. The molecule has 0 aromatic heterocycles. The van der Waals surface area contributed by atoms with Gasteiger partial charge < -0.3 is 10.0 Å². The van der Waals surface area contributed by atoms with Crippen molar-refractivity contribution >= 4 is 23.4 Å². The number of thioether (sulfide) groups is 1. The van der Waals surface area contributed by atoms with E-state index in [1.807, 2.05) is 36.9 Å². The molecule has 1 heterocycles. The van der Waals surface area contributed by atoms with E-state index in [-0.39, 0.29) is 11.9 Å². The SMILES string of the molecule is CC(O)c1ccc2c(c1)SCC(=O)N2C(C)C. The number of hydrogen-bond acceptors (Lipinski definition) is 3. The van der Waals surface area contributed by atoms with Gasteiger partial charge in [0.15, 0.2) is 0 Å². The van der Waals surface area contributed by atoms with Gasteiger partial charge in [0.05, 0.1) is 17.5 Å². The molecular weight excluding hydrogens is 234 g/mol. The summed E-state index contributed by atoms with van der Waals surface area (Å²) < 4.78 is 0. The number of aliphatic hydroxyl groups is 1. The van der Waals surface area contributed by atoms with Crippen LogP contribution in [0.15, 0.2) is 23.1 Å². The number of amides is 1. The molecule has 1 aromatic carbocycles. The molecule has 3 nitrogen and oxygen atoms in total. The lowest BCUT2D eigenvalue weighted by Crippen LogP contribution is -2.40. The number of aliphatic hydroxyl groups excluding tert-OH is 1. The van der Waals surface area contributed by atoms with Crippen LogP contribution in [0.4, 0.5) is 5.69 Å². The molecule has 92 valence electrons. The van der Waals surface area contributed by atoms with Gasteiger partial charge in [-0.25, -0.2) is 0 Å². The first-order valence-corrected chi connectivity index (χ1v) is 6.76. The summed E-state index contributed by atoms with van der Waals surface area (Å²) in [4.78, 5) is 14.8. The fourth-order valence-electron chi connectivity index (χ4n) is 2.01. The smallest absolute Gasteiger partial charge is 0.237 e. The van der Waals surface area contributed by atoms with Gasteiger partial charge in [-0.3, -0.25) is 4.79 Å². The van der Waals surface area contributed by atoms with Crippen molar-refractivity contribution in [2.24, 2.45) is 0 Å². The van der Waals surface area contributed by atoms with Crippen LogP contribution in [0.5, 0.6) is 0 Å².